The van der Waals surface area contributed by atoms with Gasteiger partial charge in [0.05, 0.1) is 12.7 Å². The van der Waals surface area contributed by atoms with Gasteiger partial charge in [-0.2, -0.15) is 0 Å². The third kappa shape index (κ3) is 5.52. The molecule has 0 rings (SSSR count). The summed E-state index contributed by atoms with van der Waals surface area (Å²) < 4.78 is 0. The molecule has 1 atom stereocenters. The fraction of sp³-hybridized carbons (Fsp3) is 1.00. The molecule has 0 aliphatic rings. The lowest BCUT2D eigenvalue weighted by atomic mass is 10.3. The fourth-order valence-corrected chi connectivity index (χ4v) is 1.28. The Morgan fingerprint density at radius 2 is 1.67 bits per heavy atom. The summed E-state index contributed by atoms with van der Waals surface area (Å²) in [6.45, 7) is 6.71. The van der Waals surface area contributed by atoms with Crippen molar-refractivity contribution in [2.45, 2.75) is 32.8 Å². The highest BCUT2D eigenvalue weighted by Crippen LogP contribution is 1.96. The zero-order valence-corrected chi connectivity index (χ0v) is 8.16. The van der Waals surface area contributed by atoms with E-state index in [4.69, 9.17) is 5.11 Å². The van der Waals surface area contributed by atoms with E-state index in [1.54, 1.807) is 0 Å². The molecule has 0 fully saturated rings. The number of aliphatic hydroxyl groups excluding tert-OH is 2. The van der Waals surface area contributed by atoms with Crippen LogP contribution in [0, 0.1) is 0 Å². The van der Waals surface area contributed by atoms with Crippen LogP contribution in [0.5, 0.6) is 0 Å². The van der Waals surface area contributed by atoms with Crippen molar-refractivity contribution in [2.24, 2.45) is 0 Å². The molecule has 0 aliphatic carbocycles. The molecular formula is C9H21NO2. The van der Waals surface area contributed by atoms with Crippen LogP contribution in [0.4, 0.5) is 0 Å². The van der Waals surface area contributed by atoms with E-state index in [0.29, 0.717) is 6.54 Å². The molecule has 0 radical (unpaired) electrons. The van der Waals surface area contributed by atoms with E-state index in [0.717, 1.165) is 25.9 Å². The van der Waals surface area contributed by atoms with Gasteiger partial charge in [0.1, 0.15) is 0 Å². The van der Waals surface area contributed by atoms with Crippen LogP contribution in [0.1, 0.15) is 26.7 Å². The second kappa shape index (κ2) is 7.53. The molecule has 0 spiro atoms. The van der Waals surface area contributed by atoms with Crippen molar-refractivity contribution in [3.8, 4) is 0 Å². The number of hydrogen-bond acceptors (Lipinski definition) is 3. The quantitative estimate of drug-likeness (QED) is 0.591. The standard InChI is InChI=1S/C9H21NO2/c1-3-5-10(6-4-2)7-9(12)8-11/h9,11-12H,3-8H2,1-2H3/t9-/m1/s1. The SMILES string of the molecule is CCCN(CCC)C[C@@H](O)CO. The number of hydrogen-bond donors (Lipinski definition) is 2. The largest absolute Gasteiger partial charge is 0.394 e. The summed E-state index contributed by atoms with van der Waals surface area (Å²) >= 11 is 0. The molecule has 3 nitrogen and oxygen atoms in total. The molecule has 0 heterocycles. The molecule has 0 aromatic rings. The Morgan fingerprint density at radius 3 is 2.00 bits per heavy atom. The summed E-state index contributed by atoms with van der Waals surface area (Å²) in [4.78, 5) is 2.18. The van der Waals surface area contributed by atoms with Crippen LogP contribution in [-0.4, -0.2) is 47.5 Å². The van der Waals surface area contributed by atoms with E-state index < -0.39 is 6.10 Å². The maximum absolute atomic E-state index is 9.19. The predicted octanol–water partition coefficient (Wildman–Crippen LogP) is 0.462. The van der Waals surface area contributed by atoms with Gasteiger partial charge in [-0.05, 0) is 25.9 Å². The Bertz CT molecular complexity index is 92.5. The van der Waals surface area contributed by atoms with Crippen molar-refractivity contribution in [3.63, 3.8) is 0 Å². The van der Waals surface area contributed by atoms with Gasteiger partial charge in [-0.15, -0.1) is 0 Å². The molecule has 0 aliphatic heterocycles. The highest BCUT2D eigenvalue weighted by atomic mass is 16.3. The van der Waals surface area contributed by atoms with Crippen LogP contribution in [-0.2, 0) is 0 Å². The summed E-state index contributed by atoms with van der Waals surface area (Å²) in [6.07, 6.45) is 1.61. The van der Waals surface area contributed by atoms with E-state index in [1.807, 2.05) is 0 Å². The van der Waals surface area contributed by atoms with Gasteiger partial charge in [0, 0.05) is 6.54 Å². The number of nitrogens with zero attached hydrogens (tertiary/aromatic N) is 1. The van der Waals surface area contributed by atoms with Crippen molar-refractivity contribution >= 4 is 0 Å². The van der Waals surface area contributed by atoms with Gasteiger partial charge in [0.2, 0.25) is 0 Å². The second-order valence-electron chi connectivity index (χ2n) is 3.14. The monoisotopic (exact) mass is 175 g/mol. The Hall–Kier alpha value is -0.120. The third-order valence-corrected chi connectivity index (χ3v) is 1.76. The van der Waals surface area contributed by atoms with E-state index in [-0.39, 0.29) is 6.61 Å². The highest BCUT2D eigenvalue weighted by Gasteiger charge is 2.08. The van der Waals surface area contributed by atoms with Crippen LogP contribution in [0.3, 0.4) is 0 Å². The molecule has 74 valence electrons. The highest BCUT2D eigenvalue weighted by molar-refractivity contribution is 4.62. The van der Waals surface area contributed by atoms with Crippen LogP contribution in [0.15, 0.2) is 0 Å². The molecular weight excluding hydrogens is 154 g/mol. The first kappa shape index (κ1) is 11.9. The minimum Gasteiger partial charge on any atom is -0.394 e. The van der Waals surface area contributed by atoms with E-state index in [1.165, 1.54) is 0 Å². The summed E-state index contributed by atoms with van der Waals surface area (Å²) in [7, 11) is 0. The lowest BCUT2D eigenvalue weighted by Crippen LogP contribution is -2.35. The zero-order valence-electron chi connectivity index (χ0n) is 8.16. The lowest BCUT2D eigenvalue weighted by molar-refractivity contribution is 0.0591. The minimum absolute atomic E-state index is 0.135. The fourth-order valence-electron chi connectivity index (χ4n) is 1.28. The van der Waals surface area contributed by atoms with E-state index in [2.05, 4.69) is 18.7 Å². The average molecular weight is 175 g/mol. The molecule has 12 heavy (non-hydrogen) atoms. The summed E-state index contributed by atoms with van der Waals surface area (Å²) in [6, 6.07) is 0. The van der Waals surface area contributed by atoms with Gasteiger partial charge < -0.3 is 15.1 Å². The van der Waals surface area contributed by atoms with Crippen molar-refractivity contribution in [1.82, 2.24) is 4.90 Å². The molecule has 3 heteroatoms. The maximum Gasteiger partial charge on any atom is 0.0897 e. The first-order valence-corrected chi connectivity index (χ1v) is 4.75. The number of aliphatic hydroxyl groups is 2. The first-order chi connectivity index (χ1) is 5.74. The molecule has 0 amide bonds. The molecule has 0 unspecified atom stereocenters. The smallest absolute Gasteiger partial charge is 0.0897 e. The van der Waals surface area contributed by atoms with Crippen LogP contribution in [0.2, 0.25) is 0 Å². The van der Waals surface area contributed by atoms with E-state index >= 15 is 0 Å². The summed E-state index contributed by atoms with van der Waals surface area (Å²) in [5.74, 6) is 0. The van der Waals surface area contributed by atoms with Gasteiger partial charge in [0.15, 0.2) is 0 Å². The van der Waals surface area contributed by atoms with Gasteiger partial charge in [-0.3, -0.25) is 0 Å². The average Bonchev–Trinajstić information content (AvgIpc) is 2.05. The molecule has 0 aromatic heterocycles. The Balaban J connectivity index is 3.61. The molecule has 2 N–H and O–H groups in total. The van der Waals surface area contributed by atoms with Crippen molar-refractivity contribution < 1.29 is 10.2 Å². The lowest BCUT2D eigenvalue weighted by Gasteiger charge is -2.22. The molecule has 0 aromatic carbocycles. The van der Waals surface area contributed by atoms with Crippen molar-refractivity contribution in [3.05, 3.63) is 0 Å². The normalized spacial score (nSPS) is 13.8. The van der Waals surface area contributed by atoms with Crippen LogP contribution >= 0.6 is 0 Å². The molecule has 0 saturated carbocycles. The maximum atomic E-state index is 9.19. The van der Waals surface area contributed by atoms with Crippen LogP contribution in [0.25, 0.3) is 0 Å². The predicted molar refractivity (Wildman–Crippen MR) is 50.1 cm³/mol. The van der Waals surface area contributed by atoms with Crippen molar-refractivity contribution in [1.29, 1.82) is 0 Å². The zero-order chi connectivity index (χ0) is 9.40. The second-order valence-corrected chi connectivity index (χ2v) is 3.14. The summed E-state index contributed by atoms with van der Waals surface area (Å²) in [5, 5.41) is 17.8. The Labute approximate surface area is 75.0 Å². The van der Waals surface area contributed by atoms with Gasteiger partial charge in [-0.25, -0.2) is 0 Å². The first-order valence-electron chi connectivity index (χ1n) is 4.75. The van der Waals surface area contributed by atoms with Gasteiger partial charge in [-0.1, -0.05) is 13.8 Å². The van der Waals surface area contributed by atoms with Crippen molar-refractivity contribution in [2.75, 3.05) is 26.2 Å². The van der Waals surface area contributed by atoms with E-state index in [9.17, 15) is 5.11 Å². The third-order valence-electron chi connectivity index (χ3n) is 1.76. The minimum atomic E-state index is -0.580. The number of rotatable bonds is 7. The van der Waals surface area contributed by atoms with Gasteiger partial charge >= 0.3 is 0 Å². The Morgan fingerprint density at radius 1 is 1.17 bits per heavy atom. The molecule has 0 bridgehead atoms. The summed E-state index contributed by atoms with van der Waals surface area (Å²) in [5.41, 5.74) is 0. The topological polar surface area (TPSA) is 43.7 Å². The van der Waals surface area contributed by atoms with Gasteiger partial charge in [0.25, 0.3) is 0 Å². The van der Waals surface area contributed by atoms with Crippen LogP contribution < -0.4 is 0 Å². The molecule has 0 saturated heterocycles. The Kier molecular flexibility index (Phi) is 7.45.